The molecule has 0 radical (unpaired) electrons. The summed E-state index contributed by atoms with van der Waals surface area (Å²) in [5, 5.41) is 4.77. The molecule has 0 aromatic heterocycles. The number of hydrogen-bond donors (Lipinski definition) is 1. The van der Waals surface area contributed by atoms with Gasteiger partial charge in [0.25, 0.3) is 0 Å². The second kappa shape index (κ2) is 7.47. The molecule has 1 aromatic carbocycles. The molecular formula is C18H28ClN. The van der Waals surface area contributed by atoms with Crippen LogP contribution < -0.4 is 5.32 Å². The molecule has 1 N–H and O–H groups in total. The van der Waals surface area contributed by atoms with Crippen LogP contribution in [0.15, 0.2) is 24.3 Å². The van der Waals surface area contributed by atoms with Gasteiger partial charge in [0.15, 0.2) is 0 Å². The maximum Gasteiger partial charge on any atom is 0.0406 e. The Labute approximate surface area is 129 Å². The van der Waals surface area contributed by atoms with Gasteiger partial charge in [-0.15, -0.1) is 0 Å². The van der Waals surface area contributed by atoms with Crippen LogP contribution in [-0.4, -0.2) is 6.04 Å². The Balaban J connectivity index is 2.10. The van der Waals surface area contributed by atoms with Gasteiger partial charge in [0, 0.05) is 17.1 Å². The van der Waals surface area contributed by atoms with E-state index in [0.717, 1.165) is 10.9 Å². The third-order valence-corrected chi connectivity index (χ3v) is 4.97. The highest BCUT2D eigenvalue weighted by molar-refractivity contribution is 6.30. The summed E-state index contributed by atoms with van der Waals surface area (Å²) < 4.78 is 0. The maximum absolute atomic E-state index is 6.01. The molecule has 112 valence electrons. The fraction of sp³-hybridized carbons (Fsp3) is 0.667. The normalized spacial score (nSPS) is 24.9. The van der Waals surface area contributed by atoms with E-state index in [0.29, 0.717) is 18.0 Å². The summed E-state index contributed by atoms with van der Waals surface area (Å²) in [4.78, 5) is 0. The van der Waals surface area contributed by atoms with Gasteiger partial charge in [0.2, 0.25) is 0 Å². The van der Waals surface area contributed by atoms with E-state index in [9.17, 15) is 0 Å². The summed E-state index contributed by atoms with van der Waals surface area (Å²) in [6.45, 7) is 6.93. The molecule has 1 aliphatic rings. The fourth-order valence-corrected chi connectivity index (χ4v) is 3.62. The van der Waals surface area contributed by atoms with Crippen LogP contribution in [0.4, 0.5) is 0 Å². The summed E-state index contributed by atoms with van der Waals surface area (Å²) >= 11 is 6.01. The first-order chi connectivity index (χ1) is 9.61. The van der Waals surface area contributed by atoms with Crippen LogP contribution in [0.5, 0.6) is 0 Å². The highest BCUT2D eigenvalue weighted by Crippen LogP contribution is 2.31. The third kappa shape index (κ3) is 3.99. The van der Waals surface area contributed by atoms with Crippen LogP contribution in [0.3, 0.4) is 0 Å². The van der Waals surface area contributed by atoms with Gasteiger partial charge in [-0.1, -0.05) is 63.8 Å². The highest BCUT2D eigenvalue weighted by atomic mass is 35.5. The largest absolute Gasteiger partial charge is 0.307 e. The molecule has 0 amide bonds. The number of hydrogen-bond acceptors (Lipinski definition) is 1. The molecule has 3 atom stereocenters. The number of nitrogens with one attached hydrogen (secondary N) is 1. The molecule has 2 heteroatoms. The van der Waals surface area contributed by atoms with Crippen molar-refractivity contribution in [3.8, 4) is 0 Å². The molecule has 0 heterocycles. The van der Waals surface area contributed by atoms with E-state index in [1.807, 2.05) is 12.1 Å². The lowest BCUT2D eigenvalue weighted by atomic mass is 9.81. The van der Waals surface area contributed by atoms with Gasteiger partial charge in [-0.3, -0.25) is 0 Å². The number of halogens is 1. The van der Waals surface area contributed by atoms with Crippen molar-refractivity contribution in [2.45, 2.75) is 65.0 Å². The van der Waals surface area contributed by atoms with Crippen molar-refractivity contribution in [3.05, 3.63) is 34.9 Å². The quantitative estimate of drug-likeness (QED) is 0.745. The first-order valence-corrected chi connectivity index (χ1v) is 8.51. The zero-order valence-corrected chi connectivity index (χ0v) is 13.8. The molecule has 2 rings (SSSR count). The maximum atomic E-state index is 6.01. The lowest BCUT2D eigenvalue weighted by molar-refractivity contribution is 0.219. The summed E-state index contributed by atoms with van der Waals surface area (Å²) in [7, 11) is 0. The Kier molecular flexibility index (Phi) is 5.92. The second-order valence-corrected chi connectivity index (χ2v) is 6.94. The SMILES string of the molecule is CCC1CCCCC1NC(c1ccc(Cl)cc1)C(C)C. The standard InChI is InChI=1S/C18H28ClN/c1-4-14-7-5-6-8-17(14)20-18(13(2)3)15-9-11-16(19)12-10-15/h9-14,17-18,20H,4-8H2,1-3H3. The van der Waals surface area contributed by atoms with Crippen molar-refractivity contribution in [2.75, 3.05) is 0 Å². The average Bonchev–Trinajstić information content (AvgIpc) is 2.46. The van der Waals surface area contributed by atoms with Crippen molar-refractivity contribution < 1.29 is 0 Å². The summed E-state index contributed by atoms with van der Waals surface area (Å²) in [6.07, 6.45) is 6.79. The van der Waals surface area contributed by atoms with Gasteiger partial charge in [0.1, 0.15) is 0 Å². The highest BCUT2D eigenvalue weighted by Gasteiger charge is 2.27. The Morgan fingerprint density at radius 3 is 2.40 bits per heavy atom. The van der Waals surface area contributed by atoms with E-state index in [4.69, 9.17) is 11.6 Å². The molecule has 0 saturated heterocycles. The molecule has 1 saturated carbocycles. The Bertz CT molecular complexity index is 398. The predicted molar refractivity (Wildman–Crippen MR) is 88.2 cm³/mol. The van der Waals surface area contributed by atoms with Gasteiger partial charge < -0.3 is 5.32 Å². The predicted octanol–water partition coefficient (Wildman–Crippen LogP) is 5.60. The Morgan fingerprint density at radius 1 is 1.15 bits per heavy atom. The molecule has 1 fully saturated rings. The average molecular weight is 294 g/mol. The zero-order chi connectivity index (χ0) is 14.5. The molecule has 0 spiro atoms. The van der Waals surface area contributed by atoms with Crippen molar-refractivity contribution >= 4 is 11.6 Å². The minimum absolute atomic E-state index is 0.435. The molecular weight excluding hydrogens is 266 g/mol. The van der Waals surface area contributed by atoms with Gasteiger partial charge >= 0.3 is 0 Å². The van der Waals surface area contributed by atoms with Gasteiger partial charge in [0.05, 0.1) is 0 Å². The minimum atomic E-state index is 0.435. The summed E-state index contributed by atoms with van der Waals surface area (Å²) in [5.41, 5.74) is 1.37. The van der Waals surface area contributed by atoms with E-state index >= 15 is 0 Å². The van der Waals surface area contributed by atoms with Crippen molar-refractivity contribution in [2.24, 2.45) is 11.8 Å². The van der Waals surface area contributed by atoms with Crippen LogP contribution in [0.2, 0.25) is 5.02 Å². The molecule has 1 aliphatic carbocycles. The van der Waals surface area contributed by atoms with Gasteiger partial charge in [-0.2, -0.15) is 0 Å². The smallest absolute Gasteiger partial charge is 0.0406 e. The van der Waals surface area contributed by atoms with Crippen LogP contribution in [-0.2, 0) is 0 Å². The van der Waals surface area contributed by atoms with E-state index < -0.39 is 0 Å². The minimum Gasteiger partial charge on any atom is -0.307 e. The topological polar surface area (TPSA) is 12.0 Å². The van der Waals surface area contributed by atoms with Crippen molar-refractivity contribution in [1.29, 1.82) is 0 Å². The zero-order valence-electron chi connectivity index (χ0n) is 13.0. The molecule has 3 unspecified atom stereocenters. The van der Waals surface area contributed by atoms with Gasteiger partial charge in [-0.05, 0) is 42.4 Å². The molecule has 0 bridgehead atoms. The lowest BCUT2D eigenvalue weighted by Crippen LogP contribution is -2.42. The fourth-order valence-electron chi connectivity index (χ4n) is 3.49. The lowest BCUT2D eigenvalue weighted by Gasteiger charge is -2.36. The van der Waals surface area contributed by atoms with E-state index in [1.165, 1.54) is 37.7 Å². The van der Waals surface area contributed by atoms with Crippen LogP contribution in [0, 0.1) is 11.8 Å². The van der Waals surface area contributed by atoms with Gasteiger partial charge in [-0.25, -0.2) is 0 Å². The van der Waals surface area contributed by atoms with Crippen molar-refractivity contribution in [3.63, 3.8) is 0 Å². The Morgan fingerprint density at radius 2 is 1.80 bits per heavy atom. The van der Waals surface area contributed by atoms with Crippen LogP contribution >= 0.6 is 11.6 Å². The molecule has 0 aliphatic heterocycles. The van der Waals surface area contributed by atoms with E-state index in [1.54, 1.807) is 0 Å². The molecule has 20 heavy (non-hydrogen) atoms. The monoisotopic (exact) mass is 293 g/mol. The van der Waals surface area contributed by atoms with Crippen LogP contribution in [0.1, 0.15) is 64.5 Å². The first kappa shape index (κ1) is 15.9. The molecule has 1 aromatic rings. The second-order valence-electron chi connectivity index (χ2n) is 6.50. The summed E-state index contributed by atoms with van der Waals surface area (Å²) in [5.74, 6) is 1.44. The van der Waals surface area contributed by atoms with E-state index in [-0.39, 0.29) is 0 Å². The van der Waals surface area contributed by atoms with E-state index in [2.05, 4.69) is 38.2 Å². The molecule has 1 nitrogen and oxygen atoms in total. The summed E-state index contributed by atoms with van der Waals surface area (Å²) in [6, 6.07) is 9.47. The number of benzene rings is 1. The number of rotatable bonds is 5. The van der Waals surface area contributed by atoms with Crippen molar-refractivity contribution in [1.82, 2.24) is 5.32 Å². The first-order valence-electron chi connectivity index (χ1n) is 8.13. The van der Waals surface area contributed by atoms with Crippen LogP contribution in [0.25, 0.3) is 0 Å². The Hall–Kier alpha value is -0.530. The third-order valence-electron chi connectivity index (χ3n) is 4.72.